The van der Waals surface area contributed by atoms with Crippen molar-refractivity contribution in [3.63, 3.8) is 0 Å². The lowest BCUT2D eigenvalue weighted by Crippen LogP contribution is -2.24. The number of ether oxygens (including phenoxy) is 1. The van der Waals surface area contributed by atoms with Crippen molar-refractivity contribution in [1.82, 2.24) is 9.55 Å². The zero-order valence-electron chi connectivity index (χ0n) is 11.3. The van der Waals surface area contributed by atoms with Gasteiger partial charge in [-0.3, -0.25) is 14.4 Å². The number of hydrogen-bond acceptors (Lipinski definition) is 7. The number of aliphatic imine (C=N–C) groups is 1. The van der Waals surface area contributed by atoms with Gasteiger partial charge in [-0.15, -0.1) is 0 Å². The first-order valence-corrected chi connectivity index (χ1v) is 6.09. The molecule has 0 bridgehead atoms. The Morgan fingerprint density at radius 3 is 2.71 bits per heavy atom. The fourth-order valence-corrected chi connectivity index (χ4v) is 1.75. The summed E-state index contributed by atoms with van der Waals surface area (Å²) in [7, 11) is 1.16. The van der Waals surface area contributed by atoms with Gasteiger partial charge >= 0.3 is 5.97 Å². The van der Waals surface area contributed by atoms with Crippen molar-refractivity contribution in [2.24, 2.45) is 10.7 Å². The van der Waals surface area contributed by atoms with Crippen LogP contribution in [-0.2, 0) is 11.3 Å². The van der Waals surface area contributed by atoms with Crippen LogP contribution in [0.1, 0.15) is 16.3 Å². The predicted octanol–water partition coefficient (Wildman–Crippen LogP) is -0.324. The fraction of sp³-hybridized carbons (Fsp3) is 0.231. The van der Waals surface area contributed by atoms with Crippen molar-refractivity contribution in [3.05, 3.63) is 40.1 Å². The summed E-state index contributed by atoms with van der Waals surface area (Å²) in [5.41, 5.74) is 4.22. The van der Waals surface area contributed by atoms with Gasteiger partial charge in [0, 0.05) is 6.54 Å². The van der Waals surface area contributed by atoms with Crippen LogP contribution in [0.4, 0.5) is 0 Å². The molecule has 0 amide bonds. The third-order valence-corrected chi connectivity index (χ3v) is 2.78. The van der Waals surface area contributed by atoms with E-state index in [2.05, 4.69) is 14.7 Å². The lowest BCUT2D eigenvalue weighted by Gasteiger charge is -2.06. The van der Waals surface area contributed by atoms with Crippen LogP contribution in [0, 0.1) is 0 Å². The number of aromatic nitrogens is 2. The molecule has 0 fully saturated rings. The van der Waals surface area contributed by atoms with Crippen molar-refractivity contribution in [2.45, 2.75) is 6.54 Å². The van der Waals surface area contributed by atoms with Gasteiger partial charge in [0.15, 0.2) is 5.69 Å². The second-order valence-corrected chi connectivity index (χ2v) is 4.14. The summed E-state index contributed by atoms with van der Waals surface area (Å²) in [6, 6.07) is 0. The molecule has 3 N–H and O–H groups in total. The third-order valence-electron chi connectivity index (χ3n) is 2.78. The maximum atomic E-state index is 11.5. The zero-order chi connectivity index (χ0) is 15.4. The van der Waals surface area contributed by atoms with Crippen LogP contribution in [0.3, 0.4) is 0 Å². The van der Waals surface area contributed by atoms with Gasteiger partial charge in [0.2, 0.25) is 5.75 Å². The lowest BCUT2D eigenvalue weighted by atomic mass is 10.3. The molecular weight excluding hydrogens is 276 g/mol. The molecule has 3 rings (SSSR count). The second kappa shape index (κ2) is 6.04. The normalized spacial score (nSPS) is 14.2. The Hall–Kier alpha value is -2.90. The van der Waals surface area contributed by atoms with E-state index in [9.17, 15) is 14.7 Å². The van der Waals surface area contributed by atoms with Crippen LogP contribution >= 0.6 is 0 Å². The molecule has 0 unspecified atom stereocenters. The third kappa shape index (κ3) is 2.99. The number of esters is 1. The highest BCUT2D eigenvalue weighted by molar-refractivity contribution is 5.93. The van der Waals surface area contributed by atoms with Gasteiger partial charge in [0.05, 0.1) is 13.7 Å². The largest absolute Gasteiger partial charge is 0.501 e. The lowest BCUT2D eigenvalue weighted by molar-refractivity contribution is 0.0589. The van der Waals surface area contributed by atoms with E-state index < -0.39 is 17.3 Å². The molecule has 0 aliphatic carbocycles. The number of carbonyl (C=O) groups is 1. The van der Waals surface area contributed by atoms with Gasteiger partial charge in [-0.1, -0.05) is 12.2 Å². The molecule has 1 aromatic heterocycles. The van der Waals surface area contributed by atoms with Crippen LogP contribution in [0.2, 0.25) is 0 Å². The molecule has 0 saturated carbocycles. The molecule has 0 spiro atoms. The molecule has 110 valence electrons. The Labute approximate surface area is 119 Å². The van der Waals surface area contributed by atoms with Crippen LogP contribution in [0.25, 0.3) is 6.08 Å². The number of allylic oxidation sites excluding steroid dienone is 1. The molecule has 8 nitrogen and oxygen atoms in total. The van der Waals surface area contributed by atoms with Crippen LogP contribution in [0.5, 0.6) is 5.75 Å². The van der Waals surface area contributed by atoms with E-state index in [1.54, 1.807) is 18.2 Å². The molecule has 8 heteroatoms. The topological polar surface area (TPSA) is 120 Å². The number of aromatic hydroxyl groups is 1. The number of fused-ring (bicyclic) bond motifs is 1. The number of nitrogens with zero attached hydrogens (tertiary/aromatic N) is 3. The summed E-state index contributed by atoms with van der Waals surface area (Å²) in [6.45, 7) is 1.13. The molecular formula is C13H14N4O4. The standard InChI is InChI=1S/C9H8N2O4.C4H6N2/c1-15-9(14)6-7(12)8(13)11-4-2-3-5(11)10-6;5-4-2-1-3-6-4/h2-3,12H,4H2,1H3;1-2H,3H2,(H2,5,6). The van der Waals surface area contributed by atoms with E-state index in [-0.39, 0.29) is 5.69 Å². The minimum absolute atomic E-state index is 0.346. The molecule has 0 saturated heterocycles. The number of hydrogen-bond donors (Lipinski definition) is 2. The van der Waals surface area contributed by atoms with Crippen molar-refractivity contribution < 1.29 is 14.6 Å². The Morgan fingerprint density at radius 2 is 2.19 bits per heavy atom. The zero-order valence-corrected chi connectivity index (χ0v) is 11.3. The molecule has 2 aliphatic heterocycles. The summed E-state index contributed by atoms with van der Waals surface area (Å²) in [4.78, 5) is 30.4. The minimum atomic E-state index is -0.826. The molecule has 3 heterocycles. The molecule has 0 radical (unpaired) electrons. The first kappa shape index (κ1) is 14.5. The highest BCUT2D eigenvalue weighted by Crippen LogP contribution is 2.14. The highest BCUT2D eigenvalue weighted by Gasteiger charge is 2.21. The summed E-state index contributed by atoms with van der Waals surface area (Å²) in [6.07, 6.45) is 7.05. The van der Waals surface area contributed by atoms with E-state index in [1.165, 1.54) is 4.57 Å². The SMILES string of the molecule is COC(=O)c1nc2n(c(=O)c1O)CC=C2.NC1=NCC=C1. The average molecular weight is 290 g/mol. The van der Waals surface area contributed by atoms with E-state index in [0.29, 0.717) is 18.2 Å². The summed E-state index contributed by atoms with van der Waals surface area (Å²) in [5.74, 6) is -0.504. The first-order valence-electron chi connectivity index (χ1n) is 6.09. The Bertz CT molecular complexity index is 713. The van der Waals surface area contributed by atoms with Gasteiger partial charge in [-0.2, -0.15) is 0 Å². The van der Waals surface area contributed by atoms with Gasteiger partial charge in [-0.05, 0) is 12.2 Å². The molecule has 2 aliphatic rings. The van der Waals surface area contributed by atoms with Gasteiger partial charge in [0.25, 0.3) is 5.56 Å². The van der Waals surface area contributed by atoms with Crippen molar-refractivity contribution in [1.29, 1.82) is 0 Å². The van der Waals surface area contributed by atoms with Gasteiger partial charge in [0.1, 0.15) is 11.7 Å². The molecule has 1 aromatic rings. The maximum absolute atomic E-state index is 11.5. The van der Waals surface area contributed by atoms with E-state index in [0.717, 1.165) is 13.7 Å². The molecule has 0 atom stereocenters. The molecule has 0 aromatic carbocycles. The van der Waals surface area contributed by atoms with Crippen molar-refractivity contribution in [2.75, 3.05) is 13.7 Å². The Morgan fingerprint density at radius 1 is 1.43 bits per heavy atom. The number of methoxy groups -OCH3 is 1. The van der Waals surface area contributed by atoms with Crippen LogP contribution < -0.4 is 11.3 Å². The second-order valence-electron chi connectivity index (χ2n) is 4.14. The summed E-state index contributed by atoms with van der Waals surface area (Å²) < 4.78 is 5.66. The minimum Gasteiger partial charge on any atom is -0.501 e. The van der Waals surface area contributed by atoms with E-state index in [1.807, 2.05) is 6.08 Å². The summed E-state index contributed by atoms with van der Waals surface area (Å²) in [5, 5.41) is 9.44. The molecule has 21 heavy (non-hydrogen) atoms. The van der Waals surface area contributed by atoms with Gasteiger partial charge < -0.3 is 15.6 Å². The van der Waals surface area contributed by atoms with Crippen molar-refractivity contribution >= 4 is 17.9 Å². The van der Waals surface area contributed by atoms with Crippen LogP contribution in [-0.4, -0.2) is 40.1 Å². The van der Waals surface area contributed by atoms with Gasteiger partial charge in [-0.25, -0.2) is 9.78 Å². The van der Waals surface area contributed by atoms with Crippen molar-refractivity contribution in [3.8, 4) is 5.75 Å². The Balaban J connectivity index is 0.000000225. The van der Waals surface area contributed by atoms with E-state index in [4.69, 9.17) is 5.73 Å². The number of rotatable bonds is 1. The quantitative estimate of drug-likeness (QED) is 0.684. The van der Waals surface area contributed by atoms with E-state index >= 15 is 0 Å². The highest BCUT2D eigenvalue weighted by atomic mass is 16.5. The number of nitrogens with two attached hydrogens (primary N) is 1. The first-order chi connectivity index (χ1) is 10.0. The fourth-order valence-electron chi connectivity index (χ4n) is 1.75. The number of carbonyl (C=O) groups excluding carboxylic acids is 1. The average Bonchev–Trinajstić information content (AvgIpc) is 3.13. The monoisotopic (exact) mass is 290 g/mol. The smallest absolute Gasteiger partial charge is 0.360 e. The van der Waals surface area contributed by atoms with Crippen LogP contribution in [0.15, 0.2) is 28.0 Å². The predicted molar refractivity (Wildman–Crippen MR) is 76.2 cm³/mol. The number of amidine groups is 1. The maximum Gasteiger partial charge on any atom is 0.360 e. The summed E-state index contributed by atoms with van der Waals surface area (Å²) >= 11 is 0. The Kier molecular flexibility index (Phi) is 4.17.